The average Bonchev–Trinajstić information content (AvgIpc) is 2.81. The van der Waals surface area contributed by atoms with Gasteiger partial charge >= 0.3 is 5.97 Å². The predicted molar refractivity (Wildman–Crippen MR) is 128 cm³/mol. The third-order valence-electron chi connectivity index (χ3n) is 4.62. The smallest absolute Gasteiger partial charge is 0.343 e. The van der Waals surface area contributed by atoms with Gasteiger partial charge in [0, 0.05) is 5.56 Å². The minimum atomic E-state index is -0.634. The molecule has 0 N–H and O–H groups in total. The number of carbonyl (C=O) groups is 2. The fourth-order valence-electron chi connectivity index (χ4n) is 2.92. The van der Waals surface area contributed by atoms with Gasteiger partial charge in [0.25, 0.3) is 0 Å². The molecule has 0 saturated carbocycles. The van der Waals surface area contributed by atoms with Crippen molar-refractivity contribution in [3.8, 4) is 17.6 Å². The lowest BCUT2D eigenvalue weighted by Gasteiger charge is -2.12. The van der Waals surface area contributed by atoms with E-state index in [-0.39, 0.29) is 27.7 Å². The first kappa shape index (κ1) is 24.1. The number of Topliss-reactive ketones (excluding diaryl/α,β-unsaturated/α-hetero) is 1. The lowest BCUT2D eigenvalue weighted by atomic mass is 10.0. The van der Waals surface area contributed by atoms with E-state index in [2.05, 4.69) is 0 Å². The second kappa shape index (κ2) is 10.8. The molecule has 0 fully saturated rings. The lowest BCUT2D eigenvalue weighted by Crippen LogP contribution is -2.10. The van der Waals surface area contributed by atoms with Gasteiger partial charge in [-0.2, -0.15) is 5.26 Å². The molecule has 0 spiro atoms. The van der Waals surface area contributed by atoms with E-state index >= 15 is 0 Å². The Labute approximate surface area is 201 Å². The first-order valence-electron chi connectivity index (χ1n) is 9.99. The molecule has 166 valence electrons. The maximum Gasteiger partial charge on any atom is 0.343 e. The van der Waals surface area contributed by atoms with Gasteiger partial charge in [-0.15, -0.1) is 0 Å². The molecule has 33 heavy (non-hydrogen) atoms. The Morgan fingerprint density at radius 1 is 0.939 bits per heavy atom. The number of carbonyl (C=O) groups excluding carboxylic acids is 2. The van der Waals surface area contributed by atoms with Crippen molar-refractivity contribution >= 4 is 41.0 Å². The number of rotatable bonds is 7. The third-order valence-corrected chi connectivity index (χ3v) is 5.35. The molecule has 0 aliphatic heterocycles. The standard InChI is InChI=1S/C26H19Cl2NO4/c1-3-32-24-13-17(12-20(15-29)25(30)18-7-4-16(2)5-8-18)6-11-23(24)33-26(31)19-9-10-21(27)22(28)14-19/h4-14H,3H2,1-2H3. The summed E-state index contributed by atoms with van der Waals surface area (Å²) < 4.78 is 11.1. The van der Waals surface area contributed by atoms with Crippen molar-refractivity contribution in [2.45, 2.75) is 13.8 Å². The maximum atomic E-state index is 12.7. The molecule has 0 heterocycles. The van der Waals surface area contributed by atoms with Crippen LogP contribution < -0.4 is 9.47 Å². The Kier molecular flexibility index (Phi) is 7.89. The Morgan fingerprint density at radius 2 is 1.64 bits per heavy atom. The zero-order valence-corrected chi connectivity index (χ0v) is 19.4. The van der Waals surface area contributed by atoms with Gasteiger partial charge < -0.3 is 9.47 Å². The molecule has 3 aromatic rings. The van der Waals surface area contributed by atoms with Crippen LogP contribution in [0, 0.1) is 18.3 Å². The minimum Gasteiger partial charge on any atom is -0.490 e. The summed E-state index contributed by atoms with van der Waals surface area (Å²) in [5.41, 5.74) is 2.19. The van der Waals surface area contributed by atoms with Crippen LogP contribution in [-0.2, 0) is 0 Å². The van der Waals surface area contributed by atoms with Gasteiger partial charge in [0.05, 0.1) is 22.2 Å². The van der Waals surface area contributed by atoms with Crippen LogP contribution in [0.3, 0.4) is 0 Å². The second-order valence-electron chi connectivity index (χ2n) is 7.02. The normalized spacial score (nSPS) is 10.9. The van der Waals surface area contributed by atoms with Crippen LogP contribution in [0.5, 0.6) is 11.5 Å². The van der Waals surface area contributed by atoms with E-state index in [0.717, 1.165) is 5.56 Å². The van der Waals surface area contributed by atoms with Gasteiger partial charge in [0.2, 0.25) is 5.78 Å². The second-order valence-corrected chi connectivity index (χ2v) is 7.84. The summed E-state index contributed by atoms with van der Waals surface area (Å²) in [4.78, 5) is 25.2. The SMILES string of the molecule is CCOc1cc(C=C(C#N)C(=O)c2ccc(C)cc2)ccc1OC(=O)c1ccc(Cl)c(Cl)c1. The maximum absolute atomic E-state index is 12.7. The number of esters is 1. The molecule has 0 saturated heterocycles. The summed E-state index contributed by atoms with van der Waals surface area (Å²) in [5.74, 6) is -0.538. The Balaban J connectivity index is 1.88. The molecule has 0 unspecified atom stereocenters. The number of aryl methyl sites for hydroxylation is 1. The van der Waals surface area contributed by atoms with Gasteiger partial charge in [0.1, 0.15) is 11.6 Å². The van der Waals surface area contributed by atoms with Crippen molar-refractivity contribution in [1.82, 2.24) is 0 Å². The number of nitriles is 1. The number of allylic oxidation sites excluding steroid dienone is 1. The van der Waals surface area contributed by atoms with Gasteiger partial charge in [-0.05, 0) is 55.8 Å². The van der Waals surface area contributed by atoms with E-state index < -0.39 is 5.97 Å². The first-order valence-corrected chi connectivity index (χ1v) is 10.7. The number of benzene rings is 3. The first-order chi connectivity index (χ1) is 15.8. The topological polar surface area (TPSA) is 76.4 Å². The van der Waals surface area contributed by atoms with E-state index in [4.69, 9.17) is 32.7 Å². The van der Waals surface area contributed by atoms with Crippen molar-refractivity contribution in [1.29, 1.82) is 5.26 Å². The van der Waals surface area contributed by atoms with Crippen LogP contribution in [-0.4, -0.2) is 18.4 Å². The highest BCUT2D eigenvalue weighted by Gasteiger charge is 2.16. The third kappa shape index (κ3) is 6.01. The highest BCUT2D eigenvalue weighted by molar-refractivity contribution is 6.42. The zero-order chi connectivity index (χ0) is 24.0. The van der Waals surface area contributed by atoms with E-state index in [1.54, 1.807) is 31.2 Å². The number of nitrogens with zero attached hydrogens (tertiary/aromatic N) is 1. The molecular weight excluding hydrogens is 461 g/mol. The number of hydrogen-bond donors (Lipinski definition) is 0. The van der Waals surface area contributed by atoms with Crippen LogP contribution in [0.1, 0.15) is 38.8 Å². The molecule has 0 bridgehead atoms. The summed E-state index contributed by atoms with van der Waals surface area (Å²) in [6.45, 7) is 4.02. The van der Waals surface area contributed by atoms with E-state index in [1.165, 1.54) is 30.3 Å². The molecule has 5 nitrogen and oxygen atoms in total. The molecule has 0 radical (unpaired) electrons. The number of ketones is 1. The summed E-state index contributed by atoms with van der Waals surface area (Å²) in [5, 5.41) is 10.1. The van der Waals surface area contributed by atoms with Crippen molar-refractivity contribution in [2.24, 2.45) is 0 Å². The molecule has 0 aliphatic carbocycles. The molecule has 0 amide bonds. The highest BCUT2D eigenvalue weighted by atomic mass is 35.5. The van der Waals surface area contributed by atoms with Crippen LogP contribution in [0.2, 0.25) is 10.0 Å². The molecular formula is C26H19Cl2NO4. The number of halogens is 2. The average molecular weight is 480 g/mol. The summed E-state index contributed by atoms with van der Waals surface area (Å²) in [7, 11) is 0. The van der Waals surface area contributed by atoms with Crippen molar-refractivity contribution in [3.63, 3.8) is 0 Å². The van der Waals surface area contributed by atoms with Crippen LogP contribution in [0.15, 0.2) is 66.2 Å². The number of hydrogen-bond acceptors (Lipinski definition) is 5. The van der Waals surface area contributed by atoms with E-state index in [9.17, 15) is 14.9 Å². The summed E-state index contributed by atoms with van der Waals surface area (Å²) >= 11 is 11.9. The molecule has 3 rings (SSSR count). The Hall–Kier alpha value is -3.59. The summed E-state index contributed by atoms with van der Waals surface area (Å²) in [6.07, 6.45) is 1.47. The van der Waals surface area contributed by atoms with Gasteiger partial charge in [-0.1, -0.05) is 59.1 Å². The molecule has 0 aromatic heterocycles. The molecule has 0 atom stereocenters. The lowest BCUT2D eigenvalue weighted by molar-refractivity contribution is 0.0728. The van der Waals surface area contributed by atoms with Gasteiger partial charge in [-0.3, -0.25) is 4.79 Å². The quantitative estimate of drug-likeness (QED) is 0.124. The number of ether oxygens (including phenoxy) is 2. The predicted octanol–water partition coefficient (Wildman–Crippen LogP) is 6.71. The van der Waals surface area contributed by atoms with Crippen molar-refractivity contribution in [2.75, 3.05) is 6.61 Å². The molecule has 0 aliphatic rings. The largest absolute Gasteiger partial charge is 0.490 e. The van der Waals surface area contributed by atoms with Crippen molar-refractivity contribution < 1.29 is 19.1 Å². The van der Waals surface area contributed by atoms with E-state index in [1.807, 2.05) is 25.1 Å². The van der Waals surface area contributed by atoms with Crippen LogP contribution in [0.25, 0.3) is 6.08 Å². The van der Waals surface area contributed by atoms with Gasteiger partial charge in [0.15, 0.2) is 11.5 Å². The fourth-order valence-corrected chi connectivity index (χ4v) is 3.22. The highest BCUT2D eigenvalue weighted by Crippen LogP contribution is 2.31. The minimum absolute atomic E-state index is 0.0261. The Morgan fingerprint density at radius 3 is 2.27 bits per heavy atom. The monoisotopic (exact) mass is 479 g/mol. The summed E-state index contributed by atoms with van der Waals surface area (Å²) in [6, 6.07) is 18.1. The van der Waals surface area contributed by atoms with Crippen LogP contribution >= 0.6 is 23.2 Å². The Bertz CT molecular complexity index is 1270. The molecule has 7 heteroatoms. The molecule has 3 aromatic carbocycles. The van der Waals surface area contributed by atoms with Crippen molar-refractivity contribution in [3.05, 3.63) is 98.5 Å². The fraction of sp³-hybridized carbons (Fsp3) is 0.115. The van der Waals surface area contributed by atoms with E-state index in [0.29, 0.717) is 28.5 Å². The zero-order valence-electron chi connectivity index (χ0n) is 17.9. The van der Waals surface area contributed by atoms with Crippen LogP contribution in [0.4, 0.5) is 0 Å². The van der Waals surface area contributed by atoms with Gasteiger partial charge in [-0.25, -0.2) is 4.79 Å².